The third kappa shape index (κ3) is 5.95. The Hall–Kier alpha value is -2.91. The Balaban J connectivity index is 1.26. The number of halogens is 3. The fourth-order valence-corrected chi connectivity index (χ4v) is 4.61. The third-order valence-electron chi connectivity index (χ3n) is 6.37. The van der Waals surface area contributed by atoms with Crippen LogP contribution in [0.5, 0.6) is 0 Å². The summed E-state index contributed by atoms with van der Waals surface area (Å²) in [4.78, 5) is 30.4. The van der Waals surface area contributed by atoms with Crippen molar-refractivity contribution in [2.75, 3.05) is 49.5 Å². The number of hydrogen-bond acceptors (Lipinski definition) is 4. The van der Waals surface area contributed by atoms with E-state index in [1.165, 1.54) is 12.1 Å². The van der Waals surface area contributed by atoms with Crippen LogP contribution in [0, 0.1) is 0 Å². The molecule has 0 atom stereocenters. The number of carbonyl (C=O) groups excluding carboxylic acids is 2. The highest BCUT2D eigenvalue weighted by Crippen LogP contribution is 2.31. The Morgan fingerprint density at radius 1 is 0.941 bits per heavy atom. The summed E-state index contributed by atoms with van der Waals surface area (Å²) < 4.78 is 38.3. The average Bonchev–Trinajstić information content (AvgIpc) is 3.08. The normalized spacial score (nSPS) is 17.4. The van der Waals surface area contributed by atoms with Crippen LogP contribution in [0.15, 0.2) is 42.5 Å². The fraction of sp³-hybridized carbons (Fsp3) is 0.440. The predicted molar refractivity (Wildman–Crippen MR) is 125 cm³/mol. The Bertz CT molecular complexity index is 1040. The molecular formula is C25H29F3N4O2. The molecule has 34 heavy (non-hydrogen) atoms. The SMILES string of the molecule is CC(=O)N1CCc2cc(NC(=O)CN3CCCN(Cc4ccc(C(F)(F)F)cc4)CC3)ccc21. The smallest absolute Gasteiger partial charge is 0.325 e. The van der Waals surface area contributed by atoms with Crippen molar-refractivity contribution < 1.29 is 22.8 Å². The first kappa shape index (κ1) is 24.2. The van der Waals surface area contributed by atoms with Crippen molar-refractivity contribution in [2.45, 2.75) is 32.5 Å². The number of benzene rings is 2. The van der Waals surface area contributed by atoms with Gasteiger partial charge in [-0.2, -0.15) is 13.2 Å². The molecule has 1 saturated heterocycles. The number of hydrogen-bond donors (Lipinski definition) is 1. The summed E-state index contributed by atoms with van der Waals surface area (Å²) in [7, 11) is 0. The summed E-state index contributed by atoms with van der Waals surface area (Å²) in [6.07, 6.45) is -2.66. The Morgan fingerprint density at radius 2 is 1.65 bits per heavy atom. The molecule has 4 rings (SSSR count). The van der Waals surface area contributed by atoms with E-state index in [9.17, 15) is 22.8 Å². The Labute approximate surface area is 197 Å². The quantitative estimate of drug-likeness (QED) is 0.717. The topological polar surface area (TPSA) is 55.9 Å². The van der Waals surface area contributed by atoms with Crippen LogP contribution in [-0.2, 0) is 28.7 Å². The summed E-state index contributed by atoms with van der Waals surface area (Å²) in [6.45, 7) is 6.16. The maximum absolute atomic E-state index is 12.8. The summed E-state index contributed by atoms with van der Waals surface area (Å²) in [5.41, 5.74) is 2.91. The summed E-state index contributed by atoms with van der Waals surface area (Å²) in [5, 5.41) is 2.96. The largest absolute Gasteiger partial charge is 0.416 e. The number of anilines is 2. The van der Waals surface area contributed by atoms with Gasteiger partial charge >= 0.3 is 6.18 Å². The predicted octanol–water partition coefficient (Wildman–Crippen LogP) is 3.76. The number of nitrogens with zero attached hydrogens (tertiary/aromatic N) is 3. The maximum atomic E-state index is 12.8. The first-order chi connectivity index (χ1) is 16.2. The number of carbonyl (C=O) groups is 2. The molecule has 0 radical (unpaired) electrons. The van der Waals surface area contributed by atoms with Crippen LogP contribution >= 0.6 is 0 Å². The lowest BCUT2D eigenvalue weighted by Gasteiger charge is -2.22. The molecule has 2 heterocycles. The molecule has 1 N–H and O–H groups in total. The second-order valence-electron chi connectivity index (χ2n) is 8.91. The lowest BCUT2D eigenvalue weighted by atomic mass is 10.1. The van der Waals surface area contributed by atoms with Crippen LogP contribution < -0.4 is 10.2 Å². The average molecular weight is 475 g/mol. The van der Waals surface area contributed by atoms with Crippen molar-refractivity contribution in [1.82, 2.24) is 9.80 Å². The van der Waals surface area contributed by atoms with Crippen molar-refractivity contribution in [1.29, 1.82) is 0 Å². The molecule has 0 spiro atoms. The Kier molecular flexibility index (Phi) is 7.23. The minimum Gasteiger partial charge on any atom is -0.325 e. The van der Waals surface area contributed by atoms with Crippen LogP contribution in [-0.4, -0.2) is 60.9 Å². The maximum Gasteiger partial charge on any atom is 0.416 e. The highest BCUT2D eigenvalue weighted by atomic mass is 19.4. The zero-order valence-electron chi connectivity index (χ0n) is 19.2. The van der Waals surface area contributed by atoms with E-state index in [-0.39, 0.29) is 18.4 Å². The molecule has 2 aliphatic rings. The minimum atomic E-state index is -4.32. The van der Waals surface area contributed by atoms with Gasteiger partial charge in [0.2, 0.25) is 11.8 Å². The molecular weight excluding hydrogens is 445 g/mol. The minimum absolute atomic E-state index is 0.0177. The molecule has 2 aliphatic heterocycles. The number of nitrogens with one attached hydrogen (secondary N) is 1. The van der Waals surface area contributed by atoms with Gasteiger partial charge in [-0.1, -0.05) is 12.1 Å². The van der Waals surface area contributed by atoms with Crippen molar-refractivity contribution in [2.24, 2.45) is 0 Å². The number of amides is 2. The van der Waals surface area contributed by atoms with E-state index >= 15 is 0 Å². The van der Waals surface area contributed by atoms with E-state index in [1.54, 1.807) is 11.8 Å². The van der Waals surface area contributed by atoms with Gasteiger partial charge in [0.05, 0.1) is 12.1 Å². The lowest BCUT2D eigenvalue weighted by Crippen LogP contribution is -2.36. The molecule has 0 unspecified atom stereocenters. The van der Waals surface area contributed by atoms with E-state index in [0.29, 0.717) is 19.6 Å². The van der Waals surface area contributed by atoms with Gasteiger partial charge < -0.3 is 10.2 Å². The van der Waals surface area contributed by atoms with Crippen LogP contribution in [0.3, 0.4) is 0 Å². The summed E-state index contributed by atoms with van der Waals surface area (Å²) >= 11 is 0. The second kappa shape index (κ2) is 10.1. The molecule has 2 amide bonds. The number of alkyl halides is 3. The fourth-order valence-electron chi connectivity index (χ4n) is 4.61. The van der Waals surface area contributed by atoms with Gasteiger partial charge in [-0.05, 0) is 67.4 Å². The molecule has 0 aromatic heterocycles. The van der Waals surface area contributed by atoms with Gasteiger partial charge in [-0.3, -0.25) is 19.4 Å². The molecule has 182 valence electrons. The standard InChI is InChI=1S/C25H29F3N4O2/c1-18(33)32-12-9-20-15-22(7-8-23(20)32)29-24(34)17-31-11-2-10-30(13-14-31)16-19-3-5-21(6-4-19)25(26,27)28/h3-8,15H,2,9-14,16-17H2,1H3,(H,29,34). The molecule has 9 heteroatoms. The first-order valence-corrected chi connectivity index (χ1v) is 11.5. The first-order valence-electron chi connectivity index (χ1n) is 11.5. The molecule has 0 bridgehead atoms. The van der Waals surface area contributed by atoms with Gasteiger partial charge in [-0.25, -0.2) is 0 Å². The number of rotatable bonds is 5. The van der Waals surface area contributed by atoms with Gasteiger partial charge in [0.15, 0.2) is 0 Å². The molecule has 2 aromatic carbocycles. The molecule has 2 aromatic rings. The number of fused-ring (bicyclic) bond motifs is 1. The third-order valence-corrected chi connectivity index (χ3v) is 6.37. The summed E-state index contributed by atoms with van der Waals surface area (Å²) in [6, 6.07) is 11.0. The van der Waals surface area contributed by atoms with Gasteiger partial charge in [0.25, 0.3) is 0 Å². The zero-order valence-corrected chi connectivity index (χ0v) is 19.2. The second-order valence-corrected chi connectivity index (χ2v) is 8.91. The molecule has 1 fully saturated rings. The molecule has 0 aliphatic carbocycles. The molecule has 6 nitrogen and oxygen atoms in total. The van der Waals surface area contributed by atoms with Gasteiger partial charge in [0, 0.05) is 44.5 Å². The lowest BCUT2D eigenvalue weighted by molar-refractivity contribution is -0.137. The van der Waals surface area contributed by atoms with Crippen molar-refractivity contribution >= 4 is 23.2 Å². The zero-order chi connectivity index (χ0) is 24.3. The monoisotopic (exact) mass is 474 g/mol. The Morgan fingerprint density at radius 3 is 2.35 bits per heavy atom. The van der Waals surface area contributed by atoms with Crippen molar-refractivity contribution in [3.05, 3.63) is 59.2 Å². The van der Waals surface area contributed by atoms with E-state index in [4.69, 9.17) is 0 Å². The highest BCUT2D eigenvalue weighted by Gasteiger charge is 2.30. The van der Waals surface area contributed by atoms with Gasteiger partial charge in [0.1, 0.15) is 0 Å². The van der Waals surface area contributed by atoms with Crippen LogP contribution in [0.25, 0.3) is 0 Å². The van der Waals surface area contributed by atoms with Crippen LogP contribution in [0.2, 0.25) is 0 Å². The highest BCUT2D eigenvalue weighted by molar-refractivity contribution is 5.96. The van der Waals surface area contributed by atoms with Crippen LogP contribution in [0.1, 0.15) is 30.0 Å². The van der Waals surface area contributed by atoms with Crippen molar-refractivity contribution in [3.8, 4) is 0 Å². The van der Waals surface area contributed by atoms with E-state index < -0.39 is 11.7 Å². The van der Waals surface area contributed by atoms with E-state index in [1.807, 2.05) is 18.2 Å². The van der Waals surface area contributed by atoms with E-state index in [0.717, 1.165) is 67.1 Å². The summed E-state index contributed by atoms with van der Waals surface area (Å²) in [5.74, 6) is -0.0679. The molecule has 0 saturated carbocycles. The van der Waals surface area contributed by atoms with Gasteiger partial charge in [-0.15, -0.1) is 0 Å². The van der Waals surface area contributed by atoms with Crippen molar-refractivity contribution in [3.63, 3.8) is 0 Å². The van der Waals surface area contributed by atoms with E-state index in [2.05, 4.69) is 15.1 Å². The van der Waals surface area contributed by atoms with Crippen LogP contribution in [0.4, 0.5) is 24.5 Å².